The SMILES string of the molecule is CCCC(NC(=O)[C@@H]1[C@@H](C(C)C)CCN1C(=O)[C@@H](NC(=O)N[C@H](CN1C(=O)CC(C)(C)CC1=O)C(C)(C)C)C1(C)CCCCC1)C(=O)C(=O)NC1CC1. The van der Waals surface area contributed by atoms with Crippen LogP contribution >= 0.6 is 0 Å². The summed E-state index contributed by atoms with van der Waals surface area (Å²) in [7, 11) is 0. The maximum absolute atomic E-state index is 14.9. The smallest absolute Gasteiger partial charge is 0.315 e. The minimum atomic E-state index is -1.01. The highest BCUT2D eigenvalue weighted by molar-refractivity contribution is 6.38. The summed E-state index contributed by atoms with van der Waals surface area (Å²) in [6, 6.07) is -4.03. The first-order valence-electron chi connectivity index (χ1n) is 20.0. The predicted molar refractivity (Wildman–Crippen MR) is 201 cm³/mol. The Balaban J connectivity index is 1.58. The van der Waals surface area contributed by atoms with Gasteiger partial charge in [-0.25, -0.2) is 4.79 Å². The van der Waals surface area contributed by atoms with Crippen molar-refractivity contribution in [1.82, 2.24) is 31.1 Å². The van der Waals surface area contributed by atoms with Crippen molar-refractivity contribution >= 4 is 41.4 Å². The Kier molecular flexibility index (Phi) is 13.5. The van der Waals surface area contributed by atoms with Crippen molar-refractivity contribution in [3.05, 3.63) is 0 Å². The molecule has 4 fully saturated rings. The van der Waals surface area contributed by atoms with Gasteiger partial charge in [0.15, 0.2) is 0 Å². The van der Waals surface area contributed by atoms with Crippen LogP contribution < -0.4 is 21.3 Å². The highest BCUT2D eigenvalue weighted by atomic mass is 16.2. The standard InChI is InChI=1S/C40H66N6O7/c1-10-14-27(32(49)35(51)41-25-15-16-25)42-34(50)31-26(24(2)3)17-20-45(31)36(52)33(40(9)18-12-11-13-19-40)44-37(53)43-28(38(4,5)6)23-46-29(47)21-39(7,8)22-30(46)48/h24-28,31,33H,10-23H2,1-9H3,(H,41,51)(H,42,50)(H2,43,44,53)/t26-,27?,28-,31+,33-/m1/s1. The Morgan fingerprint density at radius 2 is 1.47 bits per heavy atom. The predicted octanol–water partition coefficient (Wildman–Crippen LogP) is 4.22. The van der Waals surface area contributed by atoms with Gasteiger partial charge in [0.1, 0.15) is 12.1 Å². The van der Waals surface area contributed by atoms with E-state index in [9.17, 15) is 33.6 Å². The van der Waals surface area contributed by atoms with E-state index >= 15 is 0 Å². The van der Waals surface area contributed by atoms with Crippen molar-refractivity contribution in [2.24, 2.45) is 28.1 Å². The normalized spacial score (nSPS) is 24.6. The molecule has 2 heterocycles. The largest absolute Gasteiger partial charge is 0.347 e. The number of nitrogens with one attached hydrogen (secondary N) is 4. The molecule has 0 spiro atoms. The Labute approximate surface area is 316 Å². The molecular formula is C40H66N6O7. The van der Waals surface area contributed by atoms with E-state index < -0.39 is 64.0 Å². The van der Waals surface area contributed by atoms with Crippen LogP contribution in [-0.2, 0) is 28.8 Å². The molecule has 0 aromatic rings. The van der Waals surface area contributed by atoms with E-state index in [4.69, 9.17) is 0 Å². The molecule has 2 aliphatic carbocycles. The van der Waals surface area contributed by atoms with Gasteiger partial charge < -0.3 is 26.2 Å². The lowest BCUT2D eigenvalue weighted by atomic mass is 9.70. The number of nitrogens with zero attached hydrogens (tertiary/aromatic N) is 2. The number of carbonyl (C=O) groups is 7. The van der Waals surface area contributed by atoms with E-state index in [1.54, 1.807) is 4.90 Å². The van der Waals surface area contributed by atoms with Crippen LogP contribution in [-0.4, -0.2) is 94.4 Å². The third-order valence-electron chi connectivity index (χ3n) is 12.0. The molecular weight excluding hydrogens is 676 g/mol. The first-order valence-corrected chi connectivity index (χ1v) is 20.0. The minimum absolute atomic E-state index is 0.00122. The number of urea groups is 1. The first-order chi connectivity index (χ1) is 24.7. The molecule has 2 aliphatic heterocycles. The van der Waals surface area contributed by atoms with Gasteiger partial charge in [0.25, 0.3) is 5.91 Å². The molecule has 7 amide bonds. The molecule has 0 aromatic heterocycles. The average Bonchev–Trinajstić information content (AvgIpc) is 3.75. The van der Waals surface area contributed by atoms with Crippen LogP contribution in [0, 0.1) is 28.1 Å². The second-order valence-corrected chi connectivity index (χ2v) is 18.7. The molecule has 0 radical (unpaired) electrons. The number of likely N-dealkylation sites (tertiary alicyclic amines) is 2. The molecule has 4 rings (SSSR count). The molecule has 4 aliphatic rings. The number of hydrogen-bond acceptors (Lipinski definition) is 7. The van der Waals surface area contributed by atoms with Gasteiger partial charge in [-0.1, -0.05) is 88.0 Å². The maximum atomic E-state index is 14.9. The molecule has 13 nitrogen and oxygen atoms in total. The maximum Gasteiger partial charge on any atom is 0.315 e. The van der Waals surface area contributed by atoms with Crippen molar-refractivity contribution in [2.75, 3.05) is 13.1 Å². The summed E-state index contributed by atoms with van der Waals surface area (Å²) in [4.78, 5) is 98.0. The number of carbonyl (C=O) groups excluding carboxylic acids is 7. The van der Waals surface area contributed by atoms with Crippen molar-refractivity contribution < 1.29 is 33.6 Å². The monoisotopic (exact) mass is 742 g/mol. The van der Waals surface area contributed by atoms with E-state index in [0.29, 0.717) is 38.6 Å². The zero-order chi connectivity index (χ0) is 39.5. The fourth-order valence-electron chi connectivity index (χ4n) is 8.37. The van der Waals surface area contributed by atoms with E-state index in [1.165, 1.54) is 4.90 Å². The van der Waals surface area contributed by atoms with Crippen LogP contribution in [0.3, 0.4) is 0 Å². The molecule has 5 atom stereocenters. The summed E-state index contributed by atoms with van der Waals surface area (Å²) in [6.07, 6.45) is 7.80. The number of imide groups is 1. The van der Waals surface area contributed by atoms with Crippen molar-refractivity contribution in [2.45, 2.75) is 170 Å². The van der Waals surface area contributed by atoms with Crippen molar-refractivity contribution in [3.63, 3.8) is 0 Å². The Bertz CT molecular complexity index is 1390. The molecule has 1 unspecified atom stereocenters. The van der Waals surface area contributed by atoms with Crippen molar-refractivity contribution in [3.8, 4) is 0 Å². The van der Waals surface area contributed by atoms with Crippen LogP contribution in [0.15, 0.2) is 0 Å². The van der Waals surface area contributed by atoms with Crippen LogP contribution in [0.2, 0.25) is 0 Å². The van der Waals surface area contributed by atoms with Crippen LogP contribution in [0.1, 0.15) is 139 Å². The summed E-state index contributed by atoms with van der Waals surface area (Å²) in [5.74, 6) is -2.89. The minimum Gasteiger partial charge on any atom is -0.347 e. The zero-order valence-corrected chi connectivity index (χ0v) is 33.7. The summed E-state index contributed by atoms with van der Waals surface area (Å²) < 4.78 is 0. The van der Waals surface area contributed by atoms with Gasteiger partial charge >= 0.3 is 6.03 Å². The molecule has 13 heteroatoms. The van der Waals surface area contributed by atoms with Gasteiger partial charge in [0, 0.05) is 32.0 Å². The van der Waals surface area contributed by atoms with Gasteiger partial charge in [-0.3, -0.25) is 33.7 Å². The third kappa shape index (κ3) is 10.6. The van der Waals surface area contributed by atoms with Gasteiger partial charge in [-0.15, -0.1) is 0 Å². The van der Waals surface area contributed by atoms with Gasteiger partial charge in [-0.2, -0.15) is 0 Å². The van der Waals surface area contributed by atoms with Crippen LogP contribution in [0.25, 0.3) is 0 Å². The average molecular weight is 743 g/mol. The molecule has 0 aromatic carbocycles. The lowest BCUT2D eigenvalue weighted by molar-refractivity contribution is -0.153. The van der Waals surface area contributed by atoms with Crippen LogP contribution in [0.4, 0.5) is 4.79 Å². The third-order valence-corrected chi connectivity index (χ3v) is 12.0. The molecule has 2 saturated carbocycles. The molecule has 0 bridgehead atoms. The zero-order valence-electron chi connectivity index (χ0n) is 33.7. The highest BCUT2D eigenvalue weighted by Gasteiger charge is 2.50. The highest BCUT2D eigenvalue weighted by Crippen LogP contribution is 2.41. The Morgan fingerprint density at radius 3 is 2.00 bits per heavy atom. The first kappa shape index (κ1) is 42.2. The van der Waals surface area contributed by atoms with E-state index in [-0.39, 0.29) is 55.0 Å². The fraction of sp³-hybridized carbons (Fsp3) is 0.825. The van der Waals surface area contributed by atoms with Gasteiger partial charge in [-0.05, 0) is 66.6 Å². The van der Waals surface area contributed by atoms with E-state index in [0.717, 1.165) is 32.1 Å². The molecule has 298 valence electrons. The lowest BCUT2D eigenvalue weighted by Gasteiger charge is -2.43. The number of piperidine rings is 1. The number of amides is 7. The lowest BCUT2D eigenvalue weighted by Crippen LogP contribution is -2.63. The van der Waals surface area contributed by atoms with Crippen LogP contribution in [0.5, 0.6) is 0 Å². The quantitative estimate of drug-likeness (QED) is 0.152. The number of ketones is 1. The molecule has 53 heavy (non-hydrogen) atoms. The van der Waals surface area contributed by atoms with E-state index in [2.05, 4.69) is 21.3 Å². The van der Waals surface area contributed by atoms with E-state index in [1.807, 2.05) is 62.3 Å². The summed E-state index contributed by atoms with van der Waals surface area (Å²) in [5, 5.41) is 11.6. The summed E-state index contributed by atoms with van der Waals surface area (Å²) >= 11 is 0. The summed E-state index contributed by atoms with van der Waals surface area (Å²) in [5.41, 5.74) is -1.55. The molecule has 4 N–H and O–H groups in total. The van der Waals surface area contributed by atoms with Gasteiger partial charge in [0.2, 0.25) is 29.4 Å². The van der Waals surface area contributed by atoms with Gasteiger partial charge in [0.05, 0.1) is 12.1 Å². The summed E-state index contributed by atoms with van der Waals surface area (Å²) in [6.45, 7) is 17.8. The molecule has 2 saturated heterocycles. The Hall–Kier alpha value is -3.51. The second-order valence-electron chi connectivity index (χ2n) is 18.7. The topological polar surface area (TPSA) is 174 Å². The number of hydrogen-bond donors (Lipinski definition) is 4. The Morgan fingerprint density at radius 1 is 0.868 bits per heavy atom. The second kappa shape index (κ2) is 16.9. The van der Waals surface area contributed by atoms with Crippen molar-refractivity contribution in [1.29, 1.82) is 0 Å². The fourth-order valence-corrected chi connectivity index (χ4v) is 8.37. The number of Topliss-reactive ketones (excluding diaryl/α,β-unsaturated/α-hetero) is 1. The number of rotatable bonds is 14.